The van der Waals surface area contributed by atoms with Crippen LogP contribution in [-0.4, -0.2) is 4.92 Å². The van der Waals surface area contributed by atoms with Crippen LogP contribution in [0.5, 0.6) is 0 Å². The lowest BCUT2D eigenvalue weighted by atomic mass is 10.2. The van der Waals surface area contributed by atoms with Crippen LogP contribution in [0.25, 0.3) is 0 Å². The molecular weight excluding hydrogens is 364 g/mol. The molecule has 1 N–H and O–H groups in total. The zero-order valence-corrected chi connectivity index (χ0v) is 14.3. The summed E-state index contributed by atoms with van der Waals surface area (Å²) in [5, 5.41) is 49.9. The highest BCUT2D eigenvalue weighted by molar-refractivity contribution is 7.99. The van der Waals surface area contributed by atoms with Crippen molar-refractivity contribution in [1.82, 2.24) is 0 Å². The first-order chi connectivity index (χ1) is 13.0. The van der Waals surface area contributed by atoms with Crippen molar-refractivity contribution in [3.8, 4) is 24.3 Å². The Morgan fingerprint density at radius 2 is 1.70 bits per heavy atom. The number of nitrogens with one attached hydrogen (secondary N) is 1. The lowest BCUT2D eigenvalue weighted by Crippen LogP contribution is -2.01. The van der Waals surface area contributed by atoms with Gasteiger partial charge in [-0.3, -0.25) is 10.1 Å². The van der Waals surface area contributed by atoms with Crippen molar-refractivity contribution >= 4 is 23.1 Å². The number of hydrogen-bond acceptors (Lipinski definition) is 8. The van der Waals surface area contributed by atoms with E-state index in [4.69, 9.17) is 10.5 Å². The number of non-ortho nitro benzene ring substituents is 1. The number of allylic oxidation sites excluding steroid dienone is 2. The standard InChI is InChI=1S/C18H8N6O2S/c19-8-12-7-14(24(25)26)5-6-17(12)27-18-4-2-1-3-15(18)23-16(11-22)13(9-20)10-21/h1-7,23H. The molecule has 0 saturated heterocycles. The Bertz CT molecular complexity index is 1100. The fraction of sp³-hybridized carbons (Fsp3) is 0. The third-order valence-corrected chi connectivity index (χ3v) is 4.40. The van der Waals surface area contributed by atoms with Crippen LogP contribution in [0.15, 0.2) is 63.5 Å². The number of nitro benzene ring substituents is 1. The summed E-state index contributed by atoms with van der Waals surface area (Å²) in [7, 11) is 0. The minimum Gasteiger partial charge on any atom is -0.344 e. The number of benzene rings is 2. The number of para-hydroxylation sites is 1. The average molecular weight is 372 g/mol. The molecule has 0 spiro atoms. The molecule has 0 aliphatic rings. The number of nitriles is 4. The van der Waals surface area contributed by atoms with Crippen molar-refractivity contribution in [3.63, 3.8) is 0 Å². The van der Waals surface area contributed by atoms with Crippen molar-refractivity contribution < 1.29 is 4.92 Å². The van der Waals surface area contributed by atoms with Gasteiger partial charge < -0.3 is 5.32 Å². The van der Waals surface area contributed by atoms with Crippen LogP contribution in [0.3, 0.4) is 0 Å². The summed E-state index contributed by atoms with van der Waals surface area (Å²) < 4.78 is 0. The van der Waals surface area contributed by atoms with Gasteiger partial charge in [0.25, 0.3) is 5.69 Å². The maximum atomic E-state index is 10.9. The maximum absolute atomic E-state index is 10.9. The lowest BCUT2D eigenvalue weighted by molar-refractivity contribution is -0.384. The second kappa shape index (κ2) is 8.69. The third kappa shape index (κ3) is 4.41. The molecular formula is C18H8N6O2S. The zero-order chi connectivity index (χ0) is 19.8. The van der Waals surface area contributed by atoms with Gasteiger partial charge in [0.1, 0.15) is 30.0 Å². The van der Waals surface area contributed by atoms with Crippen LogP contribution < -0.4 is 5.32 Å². The van der Waals surface area contributed by atoms with Crippen molar-refractivity contribution in [2.75, 3.05) is 5.32 Å². The molecule has 9 heteroatoms. The summed E-state index contributed by atoms with van der Waals surface area (Å²) in [6.45, 7) is 0. The van der Waals surface area contributed by atoms with E-state index in [9.17, 15) is 20.6 Å². The third-order valence-electron chi connectivity index (χ3n) is 3.25. The average Bonchev–Trinajstić information content (AvgIpc) is 2.69. The molecule has 0 aromatic heterocycles. The number of rotatable bonds is 5. The molecule has 2 aromatic carbocycles. The SMILES string of the molecule is N#CC(C#N)=C(C#N)Nc1ccccc1Sc1ccc([N+](=O)[O-])cc1C#N. The minimum atomic E-state index is -0.583. The van der Waals surface area contributed by atoms with Gasteiger partial charge in [-0.05, 0) is 18.2 Å². The molecule has 2 rings (SSSR count). The molecule has 0 radical (unpaired) electrons. The van der Waals surface area contributed by atoms with E-state index in [0.29, 0.717) is 15.5 Å². The Labute approximate surface area is 158 Å². The molecule has 0 bridgehead atoms. The predicted molar refractivity (Wildman–Crippen MR) is 95.9 cm³/mol. The Morgan fingerprint density at radius 3 is 2.30 bits per heavy atom. The fourth-order valence-corrected chi connectivity index (χ4v) is 2.97. The van der Waals surface area contributed by atoms with Crippen LogP contribution in [0.1, 0.15) is 5.56 Å². The Hall–Kier alpha value is -4.31. The number of hydrogen-bond donors (Lipinski definition) is 1. The molecule has 0 atom stereocenters. The van der Waals surface area contributed by atoms with Crippen molar-refractivity contribution in [1.29, 1.82) is 21.0 Å². The number of nitrogens with zero attached hydrogens (tertiary/aromatic N) is 5. The summed E-state index contributed by atoms with van der Waals surface area (Å²) in [5.74, 6) is 0. The first kappa shape index (κ1) is 19.0. The summed E-state index contributed by atoms with van der Waals surface area (Å²) >= 11 is 1.16. The molecule has 0 saturated carbocycles. The minimum absolute atomic E-state index is 0.134. The van der Waals surface area contributed by atoms with Crippen LogP contribution in [0.2, 0.25) is 0 Å². The van der Waals surface area contributed by atoms with Crippen LogP contribution in [-0.2, 0) is 0 Å². The van der Waals surface area contributed by atoms with Crippen LogP contribution in [0, 0.1) is 55.4 Å². The van der Waals surface area contributed by atoms with Gasteiger partial charge in [0.05, 0.1) is 16.2 Å². The summed E-state index contributed by atoms with van der Waals surface area (Å²) in [5.41, 5.74) is -0.161. The Kier molecular flexibility index (Phi) is 6.12. The van der Waals surface area contributed by atoms with E-state index in [1.807, 2.05) is 6.07 Å². The van der Waals surface area contributed by atoms with Crippen molar-refractivity contribution in [2.24, 2.45) is 0 Å². The normalized spacial score (nSPS) is 9.04. The van der Waals surface area contributed by atoms with Gasteiger partial charge in [0.15, 0.2) is 5.57 Å². The predicted octanol–water partition coefficient (Wildman–Crippen LogP) is 3.85. The van der Waals surface area contributed by atoms with Gasteiger partial charge in [-0.15, -0.1) is 0 Å². The monoisotopic (exact) mass is 372 g/mol. The van der Waals surface area contributed by atoms with Gasteiger partial charge >= 0.3 is 0 Å². The molecule has 2 aromatic rings. The Balaban J connectivity index is 2.44. The highest BCUT2D eigenvalue weighted by Gasteiger charge is 2.14. The molecule has 0 fully saturated rings. The summed E-state index contributed by atoms with van der Waals surface area (Å²) in [4.78, 5) is 11.4. The van der Waals surface area contributed by atoms with Gasteiger partial charge in [-0.2, -0.15) is 21.0 Å². The zero-order valence-electron chi connectivity index (χ0n) is 13.5. The molecule has 0 aliphatic heterocycles. The quantitative estimate of drug-likeness (QED) is 0.472. The summed E-state index contributed by atoms with van der Waals surface area (Å²) in [6.07, 6.45) is 0. The van der Waals surface area contributed by atoms with Gasteiger partial charge in [0, 0.05) is 21.9 Å². The van der Waals surface area contributed by atoms with Crippen molar-refractivity contribution in [3.05, 3.63) is 69.4 Å². The second-order valence-electron chi connectivity index (χ2n) is 4.86. The van der Waals surface area contributed by atoms with E-state index in [-0.39, 0.29) is 22.5 Å². The number of anilines is 1. The van der Waals surface area contributed by atoms with Crippen LogP contribution >= 0.6 is 11.8 Å². The van der Waals surface area contributed by atoms with Gasteiger partial charge in [-0.1, -0.05) is 23.9 Å². The van der Waals surface area contributed by atoms with Gasteiger partial charge in [0.2, 0.25) is 0 Å². The molecule has 27 heavy (non-hydrogen) atoms. The summed E-state index contributed by atoms with van der Waals surface area (Å²) in [6, 6.07) is 17.7. The molecule has 0 amide bonds. The largest absolute Gasteiger partial charge is 0.344 e. The molecule has 8 nitrogen and oxygen atoms in total. The second-order valence-corrected chi connectivity index (χ2v) is 5.94. The van der Waals surface area contributed by atoms with E-state index in [1.54, 1.807) is 42.5 Å². The molecule has 128 valence electrons. The van der Waals surface area contributed by atoms with Gasteiger partial charge in [-0.25, -0.2) is 0 Å². The maximum Gasteiger partial charge on any atom is 0.270 e. The van der Waals surface area contributed by atoms with E-state index in [2.05, 4.69) is 5.32 Å². The molecule has 0 unspecified atom stereocenters. The lowest BCUT2D eigenvalue weighted by Gasteiger charge is -2.11. The first-order valence-electron chi connectivity index (χ1n) is 7.21. The first-order valence-corrected chi connectivity index (χ1v) is 8.02. The van der Waals surface area contributed by atoms with E-state index >= 15 is 0 Å². The van der Waals surface area contributed by atoms with Crippen LogP contribution in [0.4, 0.5) is 11.4 Å². The fourth-order valence-electron chi connectivity index (χ4n) is 2.00. The molecule has 0 aliphatic carbocycles. The highest BCUT2D eigenvalue weighted by Crippen LogP contribution is 2.36. The topological polar surface area (TPSA) is 150 Å². The van der Waals surface area contributed by atoms with E-state index in [1.165, 1.54) is 18.2 Å². The van der Waals surface area contributed by atoms with Crippen molar-refractivity contribution in [2.45, 2.75) is 9.79 Å². The van der Waals surface area contributed by atoms with E-state index < -0.39 is 4.92 Å². The van der Waals surface area contributed by atoms with E-state index in [0.717, 1.165) is 11.8 Å². The number of nitro groups is 1. The highest BCUT2D eigenvalue weighted by atomic mass is 32.2. The molecule has 0 heterocycles. The Morgan fingerprint density at radius 1 is 1.00 bits per heavy atom. The smallest absolute Gasteiger partial charge is 0.270 e.